The van der Waals surface area contributed by atoms with Crippen LogP contribution in [-0.4, -0.2) is 5.75 Å². The first kappa shape index (κ1) is 12.1. The molecule has 88 valence electrons. The average molecular weight is 301 g/mol. The van der Waals surface area contributed by atoms with E-state index in [9.17, 15) is 4.21 Å². The van der Waals surface area contributed by atoms with Crippen LogP contribution in [0.1, 0.15) is 25.7 Å². The summed E-state index contributed by atoms with van der Waals surface area (Å²) in [5.41, 5.74) is 0.805. The Morgan fingerprint density at radius 1 is 1.25 bits per heavy atom. The summed E-state index contributed by atoms with van der Waals surface area (Å²) in [4.78, 5) is 0. The van der Waals surface area contributed by atoms with Crippen molar-refractivity contribution >= 4 is 32.2 Å². The largest absolute Gasteiger partial charge is 0.444 e. The van der Waals surface area contributed by atoms with Gasteiger partial charge in [0.15, 0.2) is 0 Å². The highest BCUT2D eigenvalue weighted by Gasteiger charge is 2.11. The number of benzene rings is 1. The molecule has 0 heterocycles. The molecule has 0 saturated heterocycles. The zero-order chi connectivity index (χ0) is 11.4. The fraction of sp³-hybridized carbons (Fsp3) is 0.500. The Balaban J connectivity index is 2.00. The Morgan fingerprint density at radius 3 is 2.50 bits per heavy atom. The molecule has 1 aliphatic rings. The number of hydrogen-bond donors (Lipinski definition) is 0. The van der Waals surface area contributed by atoms with E-state index >= 15 is 0 Å². The van der Waals surface area contributed by atoms with Crippen LogP contribution in [-0.2, 0) is 14.8 Å². The van der Waals surface area contributed by atoms with Crippen LogP contribution < -0.4 is 0 Å². The summed E-state index contributed by atoms with van der Waals surface area (Å²) in [5, 5.41) is 0. The van der Waals surface area contributed by atoms with Crippen LogP contribution in [0.5, 0.6) is 0 Å². The Hall–Kier alpha value is -0.350. The highest BCUT2D eigenvalue weighted by atomic mass is 79.9. The van der Waals surface area contributed by atoms with Gasteiger partial charge in [0, 0.05) is 10.2 Å². The zero-order valence-corrected chi connectivity index (χ0v) is 11.5. The molecule has 0 atom stereocenters. The molecule has 0 aliphatic heterocycles. The summed E-state index contributed by atoms with van der Waals surface area (Å²) in [6, 6.07) is 7.62. The monoisotopic (exact) mass is 300 g/mol. The Morgan fingerprint density at radius 2 is 1.88 bits per heavy atom. The van der Waals surface area contributed by atoms with Crippen molar-refractivity contribution in [2.24, 2.45) is 10.3 Å². The van der Waals surface area contributed by atoms with Crippen molar-refractivity contribution in [3.05, 3.63) is 28.7 Å². The molecule has 1 saturated carbocycles. The van der Waals surface area contributed by atoms with Crippen molar-refractivity contribution in [1.82, 2.24) is 0 Å². The summed E-state index contributed by atoms with van der Waals surface area (Å²) in [7, 11) is -1.06. The van der Waals surface area contributed by atoms with Crippen molar-refractivity contribution in [3.63, 3.8) is 0 Å². The predicted molar refractivity (Wildman–Crippen MR) is 71.1 cm³/mol. The Kier molecular flexibility index (Phi) is 4.41. The van der Waals surface area contributed by atoms with Gasteiger partial charge < -0.3 is 8.57 Å². The van der Waals surface area contributed by atoms with Gasteiger partial charge >= 0.3 is 0 Å². The second-order valence-corrected chi connectivity index (χ2v) is 6.28. The van der Waals surface area contributed by atoms with Crippen molar-refractivity contribution < 1.29 is 4.21 Å². The van der Waals surface area contributed by atoms with Gasteiger partial charge in [-0.1, -0.05) is 53.3 Å². The van der Waals surface area contributed by atoms with Crippen LogP contribution >= 0.6 is 15.9 Å². The lowest BCUT2D eigenvalue weighted by molar-refractivity contribution is 0.576. The lowest BCUT2D eigenvalue weighted by Crippen LogP contribution is -2.00. The lowest BCUT2D eigenvalue weighted by atomic mass is 10.1. The summed E-state index contributed by atoms with van der Waals surface area (Å²) >= 11 is 3.37. The van der Waals surface area contributed by atoms with E-state index < -0.39 is 10.6 Å². The van der Waals surface area contributed by atoms with E-state index in [2.05, 4.69) is 20.3 Å². The van der Waals surface area contributed by atoms with Gasteiger partial charge in [0.25, 0.3) is 0 Å². The number of rotatable bonds is 3. The van der Waals surface area contributed by atoms with Crippen molar-refractivity contribution in [1.29, 1.82) is 0 Å². The highest BCUT2D eigenvalue weighted by molar-refractivity contribution is 9.10. The summed E-state index contributed by atoms with van der Waals surface area (Å²) in [6.07, 6.45) is 5.03. The third-order valence-corrected chi connectivity index (χ3v) is 4.59. The van der Waals surface area contributed by atoms with E-state index in [-0.39, 0.29) is 0 Å². The number of hydrogen-bond acceptors (Lipinski definition) is 3. The fourth-order valence-corrected chi connectivity index (χ4v) is 3.47. The fourth-order valence-electron chi connectivity index (χ4n) is 2.04. The van der Waals surface area contributed by atoms with Crippen LogP contribution in [0.4, 0.5) is 5.69 Å². The normalized spacial score (nSPS) is 19.1. The molecule has 0 unspecified atom stereocenters. The van der Waals surface area contributed by atoms with Crippen LogP contribution in [0.2, 0.25) is 0 Å². The molecule has 2 nitrogen and oxygen atoms in total. The third-order valence-electron chi connectivity index (χ3n) is 2.89. The predicted octanol–water partition coefficient (Wildman–Crippen LogP) is 4.42. The van der Waals surface area contributed by atoms with Crippen LogP contribution in [0.3, 0.4) is 0 Å². The minimum atomic E-state index is -1.06. The van der Waals surface area contributed by atoms with Crippen molar-refractivity contribution in [3.8, 4) is 0 Å². The van der Waals surface area contributed by atoms with E-state index in [1.54, 1.807) is 0 Å². The van der Waals surface area contributed by atoms with Gasteiger partial charge in [-0.25, -0.2) is 0 Å². The Labute approximate surface area is 107 Å². The van der Waals surface area contributed by atoms with Crippen molar-refractivity contribution in [2.45, 2.75) is 25.7 Å². The molecule has 0 radical (unpaired) electrons. The second-order valence-electron chi connectivity index (χ2n) is 4.21. The van der Waals surface area contributed by atoms with Gasteiger partial charge in [0.2, 0.25) is 0 Å². The smallest absolute Gasteiger partial charge is 0.0367 e. The number of halogens is 1. The standard InChI is InChI=1S/C12H15BrNOS/c13-11-5-7-12(8-6-11)14-16(15)9-10-3-1-2-4-10/h5-8,10H,1-4,9H2/q-1. The molecule has 1 fully saturated rings. The van der Waals surface area contributed by atoms with Crippen LogP contribution in [0.25, 0.3) is 0 Å². The molecular weight excluding hydrogens is 286 g/mol. The summed E-state index contributed by atoms with van der Waals surface area (Å²) < 4.78 is 17.0. The first-order valence-corrected chi connectivity index (χ1v) is 7.67. The van der Waals surface area contributed by atoms with Gasteiger partial charge in [0.05, 0.1) is 0 Å². The van der Waals surface area contributed by atoms with E-state index in [0.717, 1.165) is 15.9 Å². The van der Waals surface area contributed by atoms with Gasteiger partial charge in [-0.05, 0) is 24.3 Å². The molecule has 0 bridgehead atoms. The summed E-state index contributed by atoms with van der Waals surface area (Å²) in [5.74, 6) is 1.36. The van der Waals surface area contributed by atoms with Gasteiger partial charge in [-0.3, -0.25) is 0 Å². The topological polar surface area (TPSA) is 29.4 Å². The van der Waals surface area contributed by atoms with Gasteiger partial charge in [-0.15, -0.1) is 0 Å². The molecule has 16 heavy (non-hydrogen) atoms. The SMILES string of the molecule is O=[S-](CC1CCCC1)=Nc1ccc(Br)cc1. The van der Waals surface area contributed by atoms with Crippen LogP contribution in [0, 0.1) is 5.92 Å². The molecule has 1 aromatic carbocycles. The highest BCUT2D eigenvalue weighted by Crippen LogP contribution is 2.25. The van der Waals surface area contributed by atoms with E-state index in [1.807, 2.05) is 24.3 Å². The second kappa shape index (κ2) is 5.82. The molecule has 2 rings (SSSR count). The van der Waals surface area contributed by atoms with Crippen molar-refractivity contribution in [2.75, 3.05) is 5.75 Å². The molecule has 1 aliphatic carbocycles. The maximum atomic E-state index is 11.8. The van der Waals surface area contributed by atoms with E-state index in [1.165, 1.54) is 25.7 Å². The molecule has 0 amide bonds. The molecule has 1 aromatic rings. The van der Waals surface area contributed by atoms with E-state index in [0.29, 0.717) is 5.92 Å². The van der Waals surface area contributed by atoms with Crippen LogP contribution in [0.15, 0.2) is 33.1 Å². The zero-order valence-electron chi connectivity index (χ0n) is 9.06. The molecule has 0 N–H and O–H groups in total. The van der Waals surface area contributed by atoms with Gasteiger partial charge in [0.1, 0.15) is 0 Å². The third kappa shape index (κ3) is 3.59. The first-order valence-electron chi connectivity index (χ1n) is 5.60. The molecule has 0 spiro atoms. The molecule has 0 aromatic heterocycles. The average Bonchev–Trinajstić information content (AvgIpc) is 2.74. The minimum Gasteiger partial charge on any atom is -0.444 e. The Bertz CT molecular complexity index is 417. The van der Waals surface area contributed by atoms with Gasteiger partial charge in [-0.2, -0.15) is 10.6 Å². The number of nitrogens with zero attached hydrogens (tertiary/aromatic N) is 1. The quantitative estimate of drug-likeness (QED) is 0.760. The maximum Gasteiger partial charge on any atom is 0.0367 e. The maximum absolute atomic E-state index is 11.8. The lowest BCUT2D eigenvalue weighted by Gasteiger charge is -2.11. The molecule has 4 heteroatoms. The minimum absolute atomic E-state index is 0.625. The van der Waals surface area contributed by atoms with E-state index in [4.69, 9.17) is 0 Å². The molecular formula is C12H15BrNOS-. The summed E-state index contributed by atoms with van der Waals surface area (Å²) in [6.45, 7) is 0. The first-order chi connectivity index (χ1) is 7.74.